The number of aliphatic hydroxyl groups is 1. The van der Waals surface area contributed by atoms with E-state index < -0.39 is 17.0 Å². The average molecular weight is 145 g/mol. The lowest BCUT2D eigenvalue weighted by Crippen LogP contribution is -2.54. The summed E-state index contributed by atoms with van der Waals surface area (Å²) in [6, 6.07) is 0. The molecule has 60 valence electrons. The summed E-state index contributed by atoms with van der Waals surface area (Å²) in [5.74, 6) is -1.43. The Morgan fingerprint density at radius 3 is 1.60 bits per heavy atom. The Balaban J connectivity index is 4.57. The quantitative estimate of drug-likeness (QED) is 0.542. The van der Waals surface area contributed by atoms with Crippen molar-refractivity contribution in [1.82, 2.24) is 0 Å². The van der Waals surface area contributed by atoms with Crippen molar-refractivity contribution < 1.29 is 15.0 Å². The molecule has 3 nitrogen and oxygen atoms in total. The number of carboxylic acid groups (broad SMARTS) is 1. The van der Waals surface area contributed by atoms with Crippen LogP contribution in [0, 0.1) is 5.41 Å². The van der Waals surface area contributed by atoms with Crippen LogP contribution in [-0.2, 0) is 4.79 Å². The van der Waals surface area contributed by atoms with Gasteiger partial charge in [-0.15, -0.1) is 0 Å². The second-order valence-corrected chi connectivity index (χ2v) is 3.61. The van der Waals surface area contributed by atoms with Crippen LogP contribution in [-0.4, -0.2) is 16.7 Å². The third-order valence-corrected chi connectivity index (χ3v) is 1.86. The molecule has 0 aliphatic carbocycles. The molecule has 0 saturated carbocycles. The lowest BCUT2D eigenvalue weighted by Gasteiger charge is -2.37. The lowest BCUT2D eigenvalue weighted by molar-refractivity contribution is -0.329. The van der Waals surface area contributed by atoms with Crippen LogP contribution < -0.4 is 5.11 Å². The molecule has 1 N–H and O–H groups in total. The van der Waals surface area contributed by atoms with Crippen LogP contribution in [0.3, 0.4) is 0 Å². The van der Waals surface area contributed by atoms with Gasteiger partial charge >= 0.3 is 0 Å². The van der Waals surface area contributed by atoms with Crippen molar-refractivity contribution >= 4 is 5.97 Å². The minimum atomic E-state index is -1.76. The molecule has 1 unspecified atom stereocenters. The molecule has 0 aromatic rings. The van der Waals surface area contributed by atoms with Gasteiger partial charge in [-0.25, -0.2) is 0 Å². The van der Waals surface area contributed by atoms with Gasteiger partial charge in [0.25, 0.3) is 0 Å². The van der Waals surface area contributed by atoms with E-state index >= 15 is 0 Å². The third-order valence-electron chi connectivity index (χ3n) is 1.86. The molecule has 0 rings (SSSR count). The van der Waals surface area contributed by atoms with Gasteiger partial charge in [-0.05, 0) is 12.3 Å². The number of aliphatic carboxylic acids is 1. The molecule has 0 amide bonds. The summed E-state index contributed by atoms with van der Waals surface area (Å²) >= 11 is 0. The van der Waals surface area contributed by atoms with Crippen LogP contribution in [0.2, 0.25) is 0 Å². The van der Waals surface area contributed by atoms with Gasteiger partial charge in [0.15, 0.2) is 0 Å². The second-order valence-electron chi connectivity index (χ2n) is 3.61. The molecule has 0 radical (unpaired) electrons. The maximum Gasteiger partial charge on any atom is 0.106 e. The summed E-state index contributed by atoms with van der Waals surface area (Å²) in [6.07, 6.45) is 0. The van der Waals surface area contributed by atoms with E-state index in [-0.39, 0.29) is 0 Å². The molecule has 0 aliphatic rings. The smallest absolute Gasteiger partial charge is 0.106 e. The first-order valence-corrected chi connectivity index (χ1v) is 3.13. The Kier molecular flexibility index (Phi) is 2.11. The van der Waals surface area contributed by atoms with Crippen molar-refractivity contribution in [3.05, 3.63) is 0 Å². The van der Waals surface area contributed by atoms with Crippen LogP contribution in [0.15, 0.2) is 0 Å². The number of carbonyl (C=O) groups excluding carboxylic acids is 1. The van der Waals surface area contributed by atoms with Gasteiger partial charge in [0.2, 0.25) is 0 Å². The van der Waals surface area contributed by atoms with E-state index in [1.165, 1.54) is 6.92 Å². The highest BCUT2D eigenvalue weighted by Crippen LogP contribution is 2.28. The van der Waals surface area contributed by atoms with Crippen molar-refractivity contribution in [3.63, 3.8) is 0 Å². The minimum absolute atomic E-state index is 0.689. The Bertz CT molecular complexity index is 141. The SMILES string of the molecule is CC(C)(C)C(C)(O)C(=O)[O-]. The Morgan fingerprint density at radius 1 is 1.30 bits per heavy atom. The molecular formula is C7H13O3-. The van der Waals surface area contributed by atoms with Crippen molar-refractivity contribution in [2.45, 2.75) is 33.3 Å². The van der Waals surface area contributed by atoms with Crippen LogP contribution in [0.25, 0.3) is 0 Å². The van der Waals surface area contributed by atoms with E-state index in [1.807, 2.05) is 0 Å². The summed E-state index contributed by atoms with van der Waals surface area (Å²) < 4.78 is 0. The van der Waals surface area contributed by atoms with E-state index in [4.69, 9.17) is 0 Å². The maximum atomic E-state index is 10.3. The van der Waals surface area contributed by atoms with Gasteiger partial charge in [-0.3, -0.25) is 0 Å². The highest BCUT2D eigenvalue weighted by molar-refractivity contribution is 5.75. The van der Waals surface area contributed by atoms with Gasteiger partial charge in [-0.2, -0.15) is 0 Å². The molecule has 0 aromatic carbocycles. The molecule has 0 aliphatic heterocycles. The normalized spacial score (nSPS) is 18.1. The van der Waals surface area contributed by atoms with Crippen molar-refractivity contribution in [1.29, 1.82) is 0 Å². The highest BCUT2D eigenvalue weighted by Gasteiger charge is 2.36. The number of hydrogen-bond donors (Lipinski definition) is 1. The van der Waals surface area contributed by atoms with Crippen molar-refractivity contribution in [2.75, 3.05) is 0 Å². The summed E-state index contributed by atoms with van der Waals surface area (Å²) in [6.45, 7) is 6.16. The molecule has 0 spiro atoms. The van der Waals surface area contributed by atoms with Crippen LogP contribution in [0.4, 0.5) is 0 Å². The van der Waals surface area contributed by atoms with E-state index in [9.17, 15) is 15.0 Å². The fourth-order valence-electron chi connectivity index (χ4n) is 0.306. The first kappa shape index (κ1) is 9.43. The second kappa shape index (κ2) is 2.23. The zero-order valence-electron chi connectivity index (χ0n) is 6.76. The van der Waals surface area contributed by atoms with Crippen LogP contribution in [0.5, 0.6) is 0 Å². The Labute approximate surface area is 60.7 Å². The van der Waals surface area contributed by atoms with E-state index in [0.29, 0.717) is 0 Å². The molecular weight excluding hydrogens is 132 g/mol. The third kappa shape index (κ3) is 1.48. The fourth-order valence-corrected chi connectivity index (χ4v) is 0.306. The van der Waals surface area contributed by atoms with Gasteiger partial charge in [0.1, 0.15) is 5.60 Å². The summed E-state index contributed by atoms with van der Waals surface area (Å²) in [7, 11) is 0. The molecule has 0 saturated heterocycles. The Hall–Kier alpha value is -0.570. The average Bonchev–Trinajstić information content (AvgIpc) is 1.62. The number of carboxylic acids is 1. The Morgan fingerprint density at radius 2 is 1.60 bits per heavy atom. The monoisotopic (exact) mass is 145 g/mol. The van der Waals surface area contributed by atoms with E-state index in [0.717, 1.165) is 0 Å². The maximum absolute atomic E-state index is 10.3. The van der Waals surface area contributed by atoms with Crippen LogP contribution in [0.1, 0.15) is 27.7 Å². The van der Waals surface area contributed by atoms with E-state index in [2.05, 4.69) is 0 Å². The molecule has 10 heavy (non-hydrogen) atoms. The lowest BCUT2D eigenvalue weighted by atomic mass is 9.78. The van der Waals surface area contributed by atoms with Crippen molar-refractivity contribution in [2.24, 2.45) is 5.41 Å². The fraction of sp³-hybridized carbons (Fsp3) is 0.857. The predicted octanol–water partition coefficient (Wildman–Crippen LogP) is -0.467. The molecule has 0 aromatic heterocycles. The zero-order valence-corrected chi connectivity index (χ0v) is 6.76. The standard InChI is InChI=1S/C7H14O3/c1-6(2,3)7(4,10)5(8)9/h10H,1-4H3,(H,8,9)/p-1. The topological polar surface area (TPSA) is 60.4 Å². The first-order chi connectivity index (χ1) is 4.19. The summed E-state index contributed by atoms with van der Waals surface area (Å²) in [4.78, 5) is 10.3. The number of hydrogen-bond acceptors (Lipinski definition) is 3. The molecule has 3 heteroatoms. The molecule has 0 fully saturated rings. The largest absolute Gasteiger partial charge is 0.547 e. The van der Waals surface area contributed by atoms with Crippen LogP contribution >= 0.6 is 0 Å². The summed E-state index contributed by atoms with van der Waals surface area (Å²) in [5.41, 5.74) is -2.45. The number of carbonyl (C=O) groups is 1. The van der Waals surface area contributed by atoms with Gasteiger partial charge in [-0.1, -0.05) is 20.8 Å². The van der Waals surface area contributed by atoms with Gasteiger partial charge in [0, 0.05) is 0 Å². The minimum Gasteiger partial charge on any atom is -0.547 e. The van der Waals surface area contributed by atoms with Gasteiger partial charge in [0.05, 0.1) is 5.97 Å². The molecule has 0 heterocycles. The van der Waals surface area contributed by atoms with Crippen molar-refractivity contribution in [3.8, 4) is 0 Å². The van der Waals surface area contributed by atoms with E-state index in [1.54, 1.807) is 20.8 Å². The molecule has 0 bridgehead atoms. The van der Waals surface area contributed by atoms with Gasteiger partial charge < -0.3 is 15.0 Å². The summed E-state index contributed by atoms with van der Waals surface area (Å²) in [5, 5.41) is 19.6. The first-order valence-electron chi connectivity index (χ1n) is 3.13. The number of rotatable bonds is 1. The highest BCUT2D eigenvalue weighted by atomic mass is 16.4. The predicted molar refractivity (Wildman–Crippen MR) is 35.1 cm³/mol. The molecule has 1 atom stereocenters. The zero-order chi connectivity index (χ0) is 8.58.